The van der Waals surface area contributed by atoms with Gasteiger partial charge in [0.05, 0.1) is 0 Å². The summed E-state index contributed by atoms with van der Waals surface area (Å²) in [7, 11) is 0. The molecule has 0 aliphatic carbocycles. The number of nitrogens with two attached hydrogens (primary N) is 1. The summed E-state index contributed by atoms with van der Waals surface area (Å²) in [5.41, 5.74) is 6.29. The average molecular weight is 340 g/mol. The number of carbonyl (C=O) groups is 2. The minimum absolute atomic E-state index is 0.0970. The highest BCUT2D eigenvalue weighted by atomic mass is 32.2. The first kappa shape index (κ1) is 19.3. The molecule has 0 aromatic heterocycles. The Labute approximate surface area is 140 Å². The predicted molar refractivity (Wildman–Crippen MR) is 91.4 cm³/mol. The van der Waals surface area contributed by atoms with Gasteiger partial charge in [0.25, 0.3) is 0 Å². The highest BCUT2D eigenvalue weighted by molar-refractivity contribution is 8.00. The van der Waals surface area contributed by atoms with Crippen LogP contribution >= 0.6 is 11.8 Å². The molecular weight excluding hydrogens is 316 g/mol. The lowest BCUT2D eigenvalue weighted by atomic mass is 10.0. The molecule has 0 spiro atoms. The summed E-state index contributed by atoms with van der Waals surface area (Å²) in [6.45, 7) is 4.21. The number of amides is 1. The summed E-state index contributed by atoms with van der Waals surface area (Å²) < 4.78 is 4.41. The molecule has 23 heavy (non-hydrogen) atoms. The molecule has 1 rings (SSSR count). The van der Waals surface area contributed by atoms with Gasteiger partial charge in [-0.05, 0) is 38.1 Å². The molecule has 0 radical (unpaired) electrons. The maximum Gasteiger partial charge on any atom is 0.408 e. The average Bonchev–Trinajstić information content (AvgIpc) is 2.51. The number of carbonyl (C=O) groups excluding carboxylic acids is 1. The van der Waals surface area contributed by atoms with Gasteiger partial charge in [-0.3, -0.25) is 0 Å². The van der Waals surface area contributed by atoms with Crippen LogP contribution in [-0.2, 0) is 16.1 Å². The second-order valence-corrected chi connectivity index (χ2v) is 7.32. The Hall–Kier alpha value is -1.73. The first-order chi connectivity index (χ1) is 10.9. The fourth-order valence-electron chi connectivity index (χ4n) is 1.92. The number of benzene rings is 1. The summed E-state index contributed by atoms with van der Waals surface area (Å²) in [6, 6.07) is 8.16. The molecule has 0 aliphatic rings. The molecule has 4 N–H and O–H groups in total. The molecule has 0 bridgehead atoms. The van der Waals surface area contributed by atoms with Crippen LogP contribution in [0.5, 0.6) is 0 Å². The zero-order valence-electron chi connectivity index (χ0n) is 13.5. The molecule has 0 unspecified atom stereocenters. The van der Waals surface area contributed by atoms with E-state index in [0.29, 0.717) is 6.54 Å². The zero-order valence-corrected chi connectivity index (χ0v) is 14.3. The molecule has 1 aromatic carbocycles. The van der Waals surface area contributed by atoms with Gasteiger partial charge in [-0.25, -0.2) is 9.59 Å². The minimum Gasteiger partial charge on any atom is -0.480 e. The normalized spacial score (nSPS) is 12.5. The van der Waals surface area contributed by atoms with Gasteiger partial charge in [0.15, 0.2) is 0 Å². The standard InChI is InChI=1S/C16H24N2O4S/c1-16(2,23-10-6-9-17)13(14(19)20)18-15(21)22-11-12-7-4-3-5-8-12/h3-5,7-8,13H,6,9-11,17H2,1-2H3,(H,18,21)(H,19,20)/t13-/m0/s1. The molecule has 6 nitrogen and oxygen atoms in total. The van der Waals surface area contributed by atoms with Crippen LogP contribution in [0.15, 0.2) is 30.3 Å². The van der Waals surface area contributed by atoms with Crippen LogP contribution in [0.25, 0.3) is 0 Å². The van der Waals surface area contributed by atoms with Crippen molar-refractivity contribution in [3.63, 3.8) is 0 Å². The quantitative estimate of drug-likeness (QED) is 0.596. The molecule has 0 aliphatic heterocycles. The summed E-state index contributed by atoms with van der Waals surface area (Å²) >= 11 is 1.47. The summed E-state index contributed by atoms with van der Waals surface area (Å²) in [6.07, 6.45) is 0.0487. The van der Waals surface area contributed by atoms with Gasteiger partial charge in [-0.15, -0.1) is 0 Å². The molecule has 0 heterocycles. The Morgan fingerprint density at radius 1 is 1.35 bits per heavy atom. The molecule has 0 saturated carbocycles. The van der Waals surface area contributed by atoms with Gasteiger partial charge in [0.2, 0.25) is 0 Å². The number of carboxylic acid groups (broad SMARTS) is 1. The number of hydrogen-bond donors (Lipinski definition) is 3. The molecule has 0 saturated heterocycles. The van der Waals surface area contributed by atoms with Gasteiger partial charge in [0.1, 0.15) is 12.6 Å². The number of alkyl carbamates (subject to hydrolysis) is 1. The monoisotopic (exact) mass is 340 g/mol. The van der Waals surface area contributed by atoms with Crippen molar-refractivity contribution in [2.45, 2.75) is 37.7 Å². The van der Waals surface area contributed by atoms with Crippen molar-refractivity contribution in [3.05, 3.63) is 35.9 Å². The Morgan fingerprint density at radius 3 is 2.57 bits per heavy atom. The fourth-order valence-corrected chi connectivity index (χ4v) is 3.08. The third-order valence-electron chi connectivity index (χ3n) is 3.24. The van der Waals surface area contributed by atoms with Crippen LogP contribution < -0.4 is 11.1 Å². The van der Waals surface area contributed by atoms with Crippen LogP contribution in [-0.4, -0.2) is 40.3 Å². The molecule has 0 fully saturated rings. The van der Waals surface area contributed by atoms with Crippen molar-refractivity contribution in [1.29, 1.82) is 0 Å². The maximum absolute atomic E-state index is 11.9. The third-order valence-corrected chi connectivity index (χ3v) is 4.71. The molecule has 1 aromatic rings. The van der Waals surface area contributed by atoms with Gasteiger partial charge in [0, 0.05) is 4.75 Å². The molecular formula is C16H24N2O4S. The summed E-state index contributed by atoms with van der Waals surface area (Å²) in [5, 5.41) is 11.8. The molecule has 1 atom stereocenters. The van der Waals surface area contributed by atoms with Crippen molar-refractivity contribution >= 4 is 23.8 Å². The van der Waals surface area contributed by atoms with Crippen molar-refractivity contribution < 1.29 is 19.4 Å². The van der Waals surface area contributed by atoms with Crippen LogP contribution in [0, 0.1) is 0 Å². The SMILES string of the molecule is CC(C)(SCCCN)[C@@H](NC(=O)OCc1ccccc1)C(=O)O. The number of carboxylic acids is 1. The van der Waals surface area contributed by atoms with Crippen molar-refractivity contribution in [3.8, 4) is 0 Å². The van der Waals surface area contributed by atoms with E-state index >= 15 is 0 Å². The van der Waals surface area contributed by atoms with Crippen LogP contribution in [0.4, 0.5) is 4.79 Å². The van der Waals surface area contributed by atoms with Crippen molar-refractivity contribution in [1.82, 2.24) is 5.32 Å². The second-order valence-electron chi connectivity index (χ2n) is 5.57. The Bertz CT molecular complexity index is 508. The number of aliphatic carboxylic acids is 1. The molecule has 7 heteroatoms. The molecule has 1 amide bonds. The van der Waals surface area contributed by atoms with E-state index in [1.807, 2.05) is 30.3 Å². The van der Waals surface area contributed by atoms with E-state index in [0.717, 1.165) is 17.7 Å². The lowest BCUT2D eigenvalue weighted by Gasteiger charge is -2.31. The fraction of sp³-hybridized carbons (Fsp3) is 0.500. The van der Waals surface area contributed by atoms with Crippen LogP contribution in [0.1, 0.15) is 25.8 Å². The lowest BCUT2D eigenvalue weighted by molar-refractivity contribution is -0.140. The number of nitrogens with one attached hydrogen (secondary N) is 1. The van der Waals surface area contributed by atoms with Crippen molar-refractivity contribution in [2.75, 3.05) is 12.3 Å². The highest BCUT2D eigenvalue weighted by Crippen LogP contribution is 2.29. The Kier molecular flexibility index (Phi) is 7.91. The Balaban J connectivity index is 2.57. The van der Waals surface area contributed by atoms with Crippen LogP contribution in [0.2, 0.25) is 0 Å². The van der Waals surface area contributed by atoms with Gasteiger partial charge >= 0.3 is 12.1 Å². The van der Waals surface area contributed by atoms with E-state index in [2.05, 4.69) is 5.32 Å². The number of thioether (sulfide) groups is 1. The third kappa shape index (κ3) is 6.92. The lowest BCUT2D eigenvalue weighted by Crippen LogP contribution is -2.52. The number of hydrogen-bond acceptors (Lipinski definition) is 5. The Morgan fingerprint density at radius 2 is 2.00 bits per heavy atom. The summed E-state index contributed by atoms with van der Waals surface area (Å²) in [4.78, 5) is 23.4. The maximum atomic E-state index is 11.9. The van der Waals surface area contributed by atoms with Crippen LogP contribution in [0.3, 0.4) is 0 Å². The van der Waals surface area contributed by atoms with E-state index < -0.39 is 22.9 Å². The largest absolute Gasteiger partial charge is 0.480 e. The highest BCUT2D eigenvalue weighted by Gasteiger charge is 2.37. The van der Waals surface area contributed by atoms with E-state index in [4.69, 9.17) is 10.5 Å². The number of rotatable bonds is 9. The smallest absolute Gasteiger partial charge is 0.408 e. The van der Waals surface area contributed by atoms with Crippen molar-refractivity contribution in [2.24, 2.45) is 5.73 Å². The van der Waals surface area contributed by atoms with Gasteiger partial charge < -0.3 is 20.9 Å². The zero-order chi connectivity index (χ0) is 17.3. The molecule has 128 valence electrons. The first-order valence-corrected chi connectivity index (χ1v) is 8.39. The van der Waals surface area contributed by atoms with Gasteiger partial charge in [-0.1, -0.05) is 30.3 Å². The van der Waals surface area contributed by atoms with E-state index in [9.17, 15) is 14.7 Å². The van der Waals surface area contributed by atoms with E-state index in [1.54, 1.807) is 13.8 Å². The predicted octanol–water partition coefficient (Wildman–Crippen LogP) is 2.23. The van der Waals surface area contributed by atoms with Gasteiger partial charge in [-0.2, -0.15) is 11.8 Å². The van der Waals surface area contributed by atoms with E-state index in [-0.39, 0.29) is 6.61 Å². The summed E-state index contributed by atoms with van der Waals surface area (Å²) in [5.74, 6) is -0.361. The number of ether oxygens (including phenoxy) is 1. The second kappa shape index (κ2) is 9.42. The van der Waals surface area contributed by atoms with E-state index in [1.165, 1.54) is 11.8 Å². The first-order valence-electron chi connectivity index (χ1n) is 7.41. The topological polar surface area (TPSA) is 102 Å². The minimum atomic E-state index is -1.09.